The van der Waals surface area contributed by atoms with Gasteiger partial charge in [-0.05, 0) is 38.1 Å². The van der Waals surface area contributed by atoms with Gasteiger partial charge in [-0.1, -0.05) is 12.1 Å². The number of amides is 1. The van der Waals surface area contributed by atoms with E-state index in [0.29, 0.717) is 26.2 Å². The lowest BCUT2D eigenvalue weighted by Gasteiger charge is -2.41. The van der Waals surface area contributed by atoms with Crippen LogP contribution in [0.4, 0.5) is 0 Å². The van der Waals surface area contributed by atoms with Crippen LogP contribution in [0.3, 0.4) is 0 Å². The number of carbonyl (C=O) groups is 5. The van der Waals surface area contributed by atoms with E-state index in [1.54, 1.807) is 11.0 Å². The van der Waals surface area contributed by atoms with Gasteiger partial charge in [0, 0.05) is 55.3 Å². The average Bonchev–Trinajstić information content (AvgIpc) is 3.81. The summed E-state index contributed by atoms with van der Waals surface area (Å²) in [6.45, 7) is 0.823. The standard InChI is InChI=1S/C39H39N3O14/c1-41-10-12-42(13-11-41)37(49)27-21-6-7-22(55-21)28(27)38(50)54-16-24(44)39(51)9-8-23(56-25-14-18(40)19(43)15-53-25)29-32(39)36(48)30-31(35(29)47)34(46)26-17(33(30)45)4-3-5-20(26)52-2/h3-7,18-19,23,25,43,47-48,51H,8-16,40H2,1-2H3/t18-,19+,23-,25-,39-/m0/s1. The summed E-state index contributed by atoms with van der Waals surface area (Å²) < 4.78 is 28.2. The maximum atomic E-state index is 14.1. The molecule has 0 unspecified atom stereocenters. The van der Waals surface area contributed by atoms with E-state index in [-0.39, 0.29) is 64.2 Å². The zero-order valence-corrected chi connectivity index (χ0v) is 30.4. The van der Waals surface area contributed by atoms with Crippen LogP contribution in [-0.4, -0.2) is 131 Å². The third-order valence-electron chi connectivity index (χ3n) is 11.2. The van der Waals surface area contributed by atoms with Crippen molar-refractivity contribution in [2.45, 2.75) is 49.4 Å². The minimum Gasteiger partial charge on any atom is -0.507 e. The molecule has 2 aliphatic carbocycles. The lowest BCUT2D eigenvalue weighted by atomic mass is 9.70. The van der Waals surface area contributed by atoms with Gasteiger partial charge in [-0.3, -0.25) is 19.2 Å². The molecular formula is C39H39N3O14. The van der Waals surface area contributed by atoms with Crippen LogP contribution in [0.1, 0.15) is 89.1 Å². The Bertz CT molecular complexity index is 2290. The first-order valence-corrected chi connectivity index (χ1v) is 18.1. The molecule has 4 aliphatic rings. The second-order valence-corrected chi connectivity index (χ2v) is 14.5. The predicted octanol–water partition coefficient (Wildman–Crippen LogP) is 1.35. The number of fused-ring (bicyclic) bond motifs is 5. The first kappa shape index (κ1) is 37.5. The van der Waals surface area contributed by atoms with Gasteiger partial charge in [-0.15, -0.1) is 0 Å². The van der Waals surface area contributed by atoms with Crippen LogP contribution in [0.15, 0.2) is 34.7 Å². The van der Waals surface area contributed by atoms with Crippen molar-refractivity contribution in [1.29, 1.82) is 0 Å². The normalized spacial score (nSPS) is 25.1. The predicted molar refractivity (Wildman–Crippen MR) is 191 cm³/mol. The second-order valence-electron chi connectivity index (χ2n) is 14.5. The molecule has 294 valence electrons. The minimum absolute atomic E-state index is 0.0119. The highest BCUT2D eigenvalue weighted by atomic mass is 16.7. The first-order chi connectivity index (χ1) is 26.7. The van der Waals surface area contributed by atoms with Crippen LogP contribution in [0.2, 0.25) is 0 Å². The summed E-state index contributed by atoms with van der Waals surface area (Å²) in [5.74, 6) is -6.22. The molecule has 2 saturated heterocycles. The molecule has 2 aromatic heterocycles. The van der Waals surface area contributed by atoms with Gasteiger partial charge in [0.1, 0.15) is 39.5 Å². The molecule has 8 rings (SSSR count). The van der Waals surface area contributed by atoms with Gasteiger partial charge in [0.15, 0.2) is 24.3 Å². The van der Waals surface area contributed by atoms with Crippen LogP contribution in [0.5, 0.6) is 17.2 Å². The number of methoxy groups -OCH3 is 1. The largest absolute Gasteiger partial charge is 0.507 e. The van der Waals surface area contributed by atoms with Crippen molar-refractivity contribution < 1.29 is 67.8 Å². The summed E-state index contributed by atoms with van der Waals surface area (Å²) in [6, 6.07) is 6.54. The molecule has 17 nitrogen and oxygen atoms in total. The quantitative estimate of drug-likeness (QED) is 0.110. The van der Waals surface area contributed by atoms with Crippen LogP contribution >= 0.6 is 0 Å². The number of phenols is 2. The number of nitrogens with two attached hydrogens (primary N) is 1. The molecule has 4 aromatic rings. The van der Waals surface area contributed by atoms with Crippen molar-refractivity contribution in [2.75, 3.05) is 53.6 Å². The summed E-state index contributed by atoms with van der Waals surface area (Å²) in [6.07, 6.45) is -3.94. The number of piperazine rings is 1. The Hall–Kier alpha value is -5.43. The molecular weight excluding hydrogens is 734 g/mol. The number of hydrogen-bond donors (Lipinski definition) is 5. The van der Waals surface area contributed by atoms with E-state index in [2.05, 4.69) is 4.90 Å². The number of likely N-dealkylation sites (N-methyl/N-ethyl adjacent to an activating group) is 1. The second kappa shape index (κ2) is 13.9. The highest BCUT2D eigenvalue weighted by Crippen LogP contribution is 2.55. The molecule has 1 amide bonds. The summed E-state index contributed by atoms with van der Waals surface area (Å²) in [5.41, 5.74) is 0.766. The van der Waals surface area contributed by atoms with Gasteiger partial charge >= 0.3 is 5.97 Å². The monoisotopic (exact) mass is 773 g/mol. The fraction of sp³-hybridized carbons (Fsp3) is 0.410. The number of furan rings is 2. The number of ether oxygens (including phenoxy) is 4. The SMILES string of the molecule is COc1cccc2c1C(=O)c1c(O)c3c(c(O)c1C2=O)[C@@](O)(C(=O)COC(=O)c1c(C(=O)N2CCN(C)CC2)c2ccc1o2)CC[C@@H]3O[C@H]1C[C@H](N)[C@H](O)CO1. The number of aromatic hydroxyl groups is 2. The number of aliphatic hydroxyl groups is 2. The molecule has 56 heavy (non-hydrogen) atoms. The van der Waals surface area contributed by atoms with Gasteiger partial charge in [0.25, 0.3) is 5.91 Å². The van der Waals surface area contributed by atoms with Crippen molar-refractivity contribution in [2.24, 2.45) is 5.73 Å². The van der Waals surface area contributed by atoms with E-state index in [1.165, 1.54) is 31.4 Å². The Kier molecular flexibility index (Phi) is 9.34. The topological polar surface area (TPSA) is 249 Å². The van der Waals surface area contributed by atoms with Crippen LogP contribution in [0, 0.1) is 0 Å². The summed E-state index contributed by atoms with van der Waals surface area (Å²) in [7, 11) is 3.22. The zero-order valence-electron chi connectivity index (χ0n) is 30.4. The molecule has 2 bridgehead atoms. The Balaban J connectivity index is 1.15. The maximum Gasteiger partial charge on any atom is 0.343 e. The number of hydrogen-bond acceptors (Lipinski definition) is 16. The summed E-state index contributed by atoms with van der Waals surface area (Å²) in [4.78, 5) is 73.0. The van der Waals surface area contributed by atoms with Crippen LogP contribution in [0.25, 0.3) is 11.2 Å². The Morgan fingerprint density at radius 2 is 1.66 bits per heavy atom. The average molecular weight is 774 g/mol. The summed E-state index contributed by atoms with van der Waals surface area (Å²) >= 11 is 0. The molecule has 2 fully saturated rings. The van der Waals surface area contributed by atoms with E-state index in [0.717, 1.165) is 0 Å². The highest BCUT2D eigenvalue weighted by Gasteiger charge is 2.52. The van der Waals surface area contributed by atoms with E-state index < -0.39 is 101 Å². The van der Waals surface area contributed by atoms with Gasteiger partial charge in [-0.25, -0.2) is 4.79 Å². The zero-order chi connectivity index (χ0) is 39.8. The van der Waals surface area contributed by atoms with Crippen LogP contribution < -0.4 is 10.5 Å². The number of rotatable bonds is 8. The van der Waals surface area contributed by atoms with Gasteiger partial charge < -0.3 is 59.3 Å². The fourth-order valence-electron chi connectivity index (χ4n) is 8.14. The molecule has 0 radical (unpaired) electrons. The molecule has 0 saturated carbocycles. The lowest BCUT2D eigenvalue weighted by molar-refractivity contribution is -0.218. The van der Waals surface area contributed by atoms with E-state index >= 15 is 0 Å². The number of Topliss-reactive ketones (excluding diaryl/α,β-unsaturated/α-hetero) is 1. The Morgan fingerprint density at radius 3 is 2.36 bits per heavy atom. The molecule has 2 aliphatic heterocycles. The molecule has 4 heterocycles. The van der Waals surface area contributed by atoms with E-state index in [9.17, 15) is 44.4 Å². The van der Waals surface area contributed by atoms with E-state index in [4.69, 9.17) is 29.1 Å². The van der Waals surface area contributed by atoms with Gasteiger partial charge in [0.2, 0.25) is 11.6 Å². The van der Waals surface area contributed by atoms with Crippen molar-refractivity contribution >= 4 is 40.4 Å². The van der Waals surface area contributed by atoms with Crippen molar-refractivity contribution in [3.63, 3.8) is 0 Å². The highest BCUT2D eigenvalue weighted by molar-refractivity contribution is 6.31. The smallest absolute Gasteiger partial charge is 0.343 e. The number of aliphatic hydroxyl groups excluding tert-OH is 1. The number of esters is 1. The molecule has 5 atom stereocenters. The molecule has 17 heteroatoms. The van der Waals surface area contributed by atoms with Crippen molar-refractivity contribution in [3.8, 4) is 17.2 Å². The van der Waals surface area contributed by atoms with Crippen LogP contribution in [-0.2, 0) is 24.6 Å². The molecule has 2 aromatic carbocycles. The third kappa shape index (κ3) is 5.81. The lowest BCUT2D eigenvalue weighted by Crippen LogP contribution is -2.48. The van der Waals surface area contributed by atoms with E-state index in [1.807, 2.05) is 7.05 Å². The summed E-state index contributed by atoms with van der Waals surface area (Å²) in [5, 5.41) is 46.2. The maximum absolute atomic E-state index is 14.1. The Labute approximate surface area is 318 Å². The third-order valence-corrected chi connectivity index (χ3v) is 11.2. The minimum atomic E-state index is -2.70. The van der Waals surface area contributed by atoms with Gasteiger partial charge in [0.05, 0.1) is 42.6 Å². The fourth-order valence-corrected chi connectivity index (χ4v) is 8.14. The van der Waals surface area contributed by atoms with Gasteiger partial charge in [-0.2, -0.15) is 0 Å². The number of phenolic OH excluding ortho intramolecular Hbond substituents is 2. The van der Waals surface area contributed by atoms with Crippen molar-refractivity contribution in [1.82, 2.24) is 9.80 Å². The first-order valence-electron chi connectivity index (χ1n) is 18.1. The number of benzene rings is 3. The number of ketones is 3. The molecule has 6 N–H and O–H groups in total. The Morgan fingerprint density at radius 1 is 0.964 bits per heavy atom. The number of carbonyl (C=O) groups excluding carboxylic acids is 5. The number of nitrogens with zero attached hydrogens (tertiary/aromatic N) is 2. The van der Waals surface area contributed by atoms with Crippen molar-refractivity contribution in [3.05, 3.63) is 74.8 Å². The molecule has 0 spiro atoms.